The number of halogens is 1. The van der Waals surface area contributed by atoms with Gasteiger partial charge < -0.3 is 4.90 Å². The van der Waals surface area contributed by atoms with Gasteiger partial charge in [-0.3, -0.25) is 9.69 Å². The summed E-state index contributed by atoms with van der Waals surface area (Å²) < 4.78 is 0. The average Bonchev–Trinajstić information content (AvgIpc) is 2.80. The van der Waals surface area contributed by atoms with Crippen molar-refractivity contribution in [3.05, 3.63) is 113 Å². The lowest BCUT2D eigenvalue weighted by atomic mass is 9.96. The van der Waals surface area contributed by atoms with Crippen molar-refractivity contribution in [1.29, 1.82) is 0 Å². The molecule has 0 bridgehead atoms. The molecule has 30 heavy (non-hydrogen) atoms. The van der Waals surface area contributed by atoms with Crippen LogP contribution in [0.4, 0.5) is 0 Å². The molecule has 1 heterocycles. The van der Waals surface area contributed by atoms with Gasteiger partial charge in [-0.1, -0.05) is 84.4 Å². The molecule has 1 amide bonds. The zero-order chi connectivity index (χ0) is 20.8. The van der Waals surface area contributed by atoms with Crippen LogP contribution in [0.5, 0.6) is 0 Å². The van der Waals surface area contributed by atoms with E-state index in [9.17, 15) is 4.79 Å². The Morgan fingerprint density at radius 3 is 1.97 bits per heavy atom. The zero-order valence-corrected chi connectivity index (χ0v) is 17.6. The van der Waals surface area contributed by atoms with E-state index in [0.29, 0.717) is 5.02 Å². The lowest BCUT2D eigenvalue weighted by Crippen LogP contribution is -2.49. The monoisotopic (exact) mass is 416 g/mol. The summed E-state index contributed by atoms with van der Waals surface area (Å²) in [6.07, 6.45) is 3.48. The first-order chi connectivity index (χ1) is 14.7. The summed E-state index contributed by atoms with van der Waals surface area (Å²) in [7, 11) is 0. The van der Waals surface area contributed by atoms with Crippen LogP contribution in [0.2, 0.25) is 5.02 Å². The first kappa shape index (κ1) is 20.4. The van der Waals surface area contributed by atoms with Crippen LogP contribution >= 0.6 is 11.6 Å². The summed E-state index contributed by atoms with van der Waals surface area (Å²) in [6, 6.07) is 28.9. The minimum Gasteiger partial charge on any atom is -0.337 e. The Bertz CT molecular complexity index is 956. The topological polar surface area (TPSA) is 23.6 Å². The van der Waals surface area contributed by atoms with Crippen LogP contribution in [-0.4, -0.2) is 41.9 Å². The van der Waals surface area contributed by atoms with Gasteiger partial charge in [0.25, 0.3) is 0 Å². The number of hydrogen-bond donors (Lipinski definition) is 0. The Balaban J connectivity index is 1.44. The molecule has 0 spiro atoms. The molecule has 0 atom stereocenters. The molecular formula is C26H25ClN2O. The van der Waals surface area contributed by atoms with E-state index in [1.165, 1.54) is 11.1 Å². The summed E-state index contributed by atoms with van der Waals surface area (Å²) in [5, 5.41) is 0.672. The highest BCUT2D eigenvalue weighted by Gasteiger charge is 2.27. The maximum absolute atomic E-state index is 12.7. The van der Waals surface area contributed by atoms with Crippen molar-refractivity contribution in [3.63, 3.8) is 0 Å². The molecule has 1 aliphatic rings. The fourth-order valence-electron chi connectivity index (χ4n) is 3.97. The molecule has 3 aromatic rings. The molecule has 1 saturated heterocycles. The quantitative estimate of drug-likeness (QED) is 0.528. The van der Waals surface area contributed by atoms with Crippen LogP contribution < -0.4 is 0 Å². The van der Waals surface area contributed by atoms with Gasteiger partial charge in [0.1, 0.15) is 0 Å². The lowest BCUT2D eigenvalue weighted by Gasteiger charge is -2.39. The van der Waals surface area contributed by atoms with Crippen LogP contribution in [0.3, 0.4) is 0 Å². The molecule has 0 unspecified atom stereocenters. The van der Waals surface area contributed by atoms with E-state index < -0.39 is 0 Å². The van der Waals surface area contributed by atoms with E-state index in [0.717, 1.165) is 31.7 Å². The van der Waals surface area contributed by atoms with Crippen molar-refractivity contribution < 1.29 is 4.79 Å². The normalized spacial score (nSPS) is 15.1. The fourth-order valence-corrected chi connectivity index (χ4v) is 4.17. The summed E-state index contributed by atoms with van der Waals surface area (Å²) >= 11 is 6.02. The van der Waals surface area contributed by atoms with E-state index in [1.54, 1.807) is 6.08 Å². The third-order valence-corrected chi connectivity index (χ3v) is 5.72. The maximum Gasteiger partial charge on any atom is 0.246 e. The number of carbonyl (C=O) groups is 1. The molecule has 0 radical (unpaired) electrons. The SMILES string of the molecule is O=C(C=Cc1cccc(Cl)c1)N1CCN(C(c2ccccc2)c2ccccc2)CC1. The molecule has 0 N–H and O–H groups in total. The second-order valence-corrected chi connectivity index (χ2v) is 7.91. The van der Waals surface area contributed by atoms with Gasteiger partial charge in [-0.05, 0) is 34.9 Å². The van der Waals surface area contributed by atoms with Crippen molar-refractivity contribution in [3.8, 4) is 0 Å². The molecule has 3 nitrogen and oxygen atoms in total. The third kappa shape index (κ3) is 4.99. The molecule has 4 heteroatoms. The molecule has 4 rings (SSSR count). The van der Waals surface area contributed by atoms with E-state index >= 15 is 0 Å². The minimum atomic E-state index is 0.0468. The molecule has 3 aromatic carbocycles. The summed E-state index contributed by atoms with van der Waals surface area (Å²) in [5.74, 6) is 0.0468. The smallest absolute Gasteiger partial charge is 0.246 e. The Morgan fingerprint density at radius 1 is 0.800 bits per heavy atom. The highest BCUT2D eigenvalue weighted by atomic mass is 35.5. The van der Waals surface area contributed by atoms with Crippen LogP contribution in [0.25, 0.3) is 6.08 Å². The van der Waals surface area contributed by atoms with Gasteiger partial charge in [-0.15, -0.1) is 0 Å². The van der Waals surface area contributed by atoms with Crippen LogP contribution in [0.15, 0.2) is 91.0 Å². The number of benzene rings is 3. The maximum atomic E-state index is 12.7. The second-order valence-electron chi connectivity index (χ2n) is 7.47. The van der Waals surface area contributed by atoms with E-state index in [2.05, 4.69) is 65.6 Å². The molecule has 0 aromatic heterocycles. The Morgan fingerprint density at radius 2 is 1.40 bits per heavy atom. The summed E-state index contributed by atoms with van der Waals surface area (Å²) in [4.78, 5) is 17.0. The van der Waals surface area contributed by atoms with Gasteiger partial charge in [0.2, 0.25) is 5.91 Å². The van der Waals surface area contributed by atoms with Gasteiger partial charge in [0.15, 0.2) is 0 Å². The van der Waals surface area contributed by atoms with Gasteiger partial charge >= 0.3 is 0 Å². The Kier molecular flexibility index (Phi) is 6.63. The number of rotatable bonds is 5. The predicted octanol–water partition coefficient (Wildman–Crippen LogP) is 5.29. The molecule has 152 valence electrons. The Labute approximate surface area is 183 Å². The first-order valence-corrected chi connectivity index (χ1v) is 10.6. The highest BCUT2D eigenvalue weighted by Crippen LogP contribution is 2.29. The minimum absolute atomic E-state index is 0.0468. The third-order valence-electron chi connectivity index (χ3n) is 5.49. The molecule has 0 aliphatic carbocycles. The second kappa shape index (κ2) is 9.75. The standard InChI is InChI=1S/C26H25ClN2O/c27-24-13-7-8-21(20-24)14-15-25(30)28-16-18-29(19-17-28)26(22-9-3-1-4-10-22)23-11-5-2-6-12-23/h1-15,20,26H,16-19H2. The fraction of sp³-hybridized carbons (Fsp3) is 0.192. The highest BCUT2D eigenvalue weighted by molar-refractivity contribution is 6.30. The molecular weight excluding hydrogens is 392 g/mol. The van der Waals surface area contributed by atoms with Crippen LogP contribution in [0, 0.1) is 0 Å². The van der Waals surface area contributed by atoms with Crippen molar-refractivity contribution in [1.82, 2.24) is 9.80 Å². The van der Waals surface area contributed by atoms with E-state index in [1.807, 2.05) is 35.2 Å². The molecule has 1 aliphatic heterocycles. The van der Waals surface area contributed by atoms with Crippen LogP contribution in [0.1, 0.15) is 22.7 Å². The van der Waals surface area contributed by atoms with Crippen molar-refractivity contribution >= 4 is 23.6 Å². The molecule has 0 saturated carbocycles. The van der Waals surface area contributed by atoms with Gasteiger partial charge in [0, 0.05) is 37.3 Å². The van der Waals surface area contributed by atoms with Gasteiger partial charge in [0.05, 0.1) is 6.04 Å². The summed E-state index contributed by atoms with van der Waals surface area (Å²) in [5.41, 5.74) is 3.50. The largest absolute Gasteiger partial charge is 0.337 e. The van der Waals surface area contributed by atoms with Crippen molar-refractivity contribution in [2.45, 2.75) is 6.04 Å². The van der Waals surface area contributed by atoms with E-state index in [-0.39, 0.29) is 11.9 Å². The number of carbonyl (C=O) groups excluding carboxylic acids is 1. The van der Waals surface area contributed by atoms with E-state index in [4.69, 9.17) is 11.6 Å². The Hall–Kier alpha value is -2.88. The van der Waals surface area contributed by atoms with Crippen LogP contribution in [-0.2, 0) is 4.79 Å². The number of amides is 1. The number of hydrogen-bond acceptors (Lipinski definition) is 2. The first-order valence-electron chi connectivity index (χ1n) is 10.3. The predicted molar refractivity (Wildman–Crippen MR) is 123 cm³/mol. The zero-order valence-electron chi connectivity index (χ0n) is 16.8. The van der Waals surface area contributed by atoms with Crippen molar-refractivity contribution in [2.24, 2.45) is 0 Å². The number of nitrogens with zero attached hydrogens (tertiary/aromatic N) is 2. The lowest BCUT2D eigenvalue weighted by molar-refractivity contribution is -0.127. The number of piperazine rings is 1. The summed E-state index contributed by atoms with van der Waals surface area (Å²) in [6.45, 7) is 3.11. The average molecular weight is 417 g/mol. The van der Waals surface area contributed by atoms with Gasteiger partial charge in [-0.2, -0.15) is 0 Å². The molecule has 1 fully saturated rings. The van der Waals surface area contributed by atoms with Gasteiger partial charge in [-0.25, -0.2) is 0 Å². The van der Waals surface area contributed by atoms with Crippen molar-refractivity contribution in [2.75, 3.05) is 26.2 Å².